The molecule has 0 saturated carbocycles. The van der Waals surface area contributed by atoms with Crippen molar-refractivity contribution in [3.63, 3.8) is 0 Å². The number of rotatable bonds is 85. The van der Waals surface area contributed by atoms with E-state index in [0.717, 1.165) is 95.8 Å². The number of aliphatic hydroxyl groups is 1. The molecule has 19 heteroatoms. The van der Waals surface area contributed by atoms with Crippen molar-refractivity contribution in [2.75, 3.05) is 39.6 Å². The average molecular weight is 1520 g/mol. The number of aliphatic hydroxyl groups excluding tert-OH is 1. The summed E-state index contributed by atoms with van der Waals surface area (Å²) >= 11 is 0. The van der Waals surface area contributed by atoms with Gasteiger partial charge >= 0.3 is 39.5 Å². The van der Waals surface area contributed by atoms with Gasteiger partial charge in [-0.15, -0.1) is 0 Å². The predicted octanol–water partition coefficient (Wildman–Crippen LogP) is 26.0. The molecule has 0 spiro atoms. The van der Waals surface area contributed by atoms with E-state index in [0.29, 0.717) is 25.7 Å². The van der Waals surface area contributed by atoms with Gasteiger partial charge in [0.15, 0.2) is 12.2 Å². The van der Waals surface area contributed by atoms with Crippen molar-refractivity contribution in [2.24, 2.45) is 5.92 Å². The molecule has 0 heterocycles. The van der Waals surface area contributed by atoms with Gasteiger partial charge in [-0.1, -0.05) is 407 Å². The summed E-state index contributed by atoms with van der Waals surface area (Å²) in [7, 11) is -9.93. The molecule has 0 rings (SSSR count). The summed E-state index contributed by atoms with van der Waals surface area (Å²) < 4.78 is 68.9. The Morgan fingerprint density at radius 3 is 0.654 bits per heavy atom. The average Bonchev–Trinajstić information content (AvgIpc) is 0.917. The molecular formula is C85H166O17P2. The van der Waals surface area contributed by atoms with Crippen LogP contribution in [0, 0.1) is 5.92 Å². The minimum atomic E-state index is -4.96. The van der Waals surface area contributed by atoms with Gasteiger partial charge in [-0.05, 0) is 31.6 Å². The third-order valence-electron chi connectivity index (χ3n) is 20.0. The molecule has 0 aromatic heterocycles. The smallest absolute Gasteiger partial charge is 0.462 e. The fourth-order valence-electron chi connectivity index (χ4n) is 13.3. The maximum atomic E-state index is 13.1. The van der Waals surface area contributed by atoms with Crippen LogP contribution in [0.3, 0.4) is 0 Å². The van der Waals surface area contributed by atoms with Gasteiger partial charge in [0, 0.05) is 25.7 Å². The van der Waals surface area contributed by atoms with Gasteiger partial charge in [0.25, 0.3) is 0 Å². The van der Waals surface area contributed by atoms with Crippen LogP contribution in [0.4, 0.5) is 0 Å². The molecule has 0 fully saturated rings. The highest BCUT2D eigenvalue weighted by Crippen LogP contribution is 2.45. The topological polar surface area (TPSA) is 237 Å². The van der Waals surface area contributed by atoms with Crippen molar-refractivity contribution in [3.8, 4) is 0 Å². The second-order valence-electron chi connectivity index (χ2n) is 31.1. The fourth-order valence-corrected chi connectivity index (χ4v) is 14.9. The Bertz CT molecular complexity index is 1980. The van der Waals surface area contributed by atoms with Crippen LogP contribution in [0.15, 0.2) is 0 Å². The zero-order valence-electron chi connectivity index (χ0n) is 68.2. The first kappa shape index (κ1) is 102. The summed E-state index contributed by atoms with van der Waals surface area (Å²) in [5.74, 6) is -1.33. The van der Waals surface area contributed by atoms with E-state index in [1.54, 1.807) is 0 Å². The third kappa shape index (κ3) is 78.2. The van der Waals surface area contributed by atoms with Gasteiger partial charge in [0.1, 0.15) is 19.3 Å². The number of hydrogen-bond acceptors (Lipinski definition) is 15. The van der Waals surface area contributed by atoms with Gasteiger partial charge in [0.2, 0.25) is 0 Å². The van der Waals surface area contributed by atoms with Gasteiger partial charge < -0.3 is 33.8 Å². The number of ether oxygens (including phenoxy) is 4. The molecule has 0 aliphatic rings. The van der Waals surface area contributed by atoms with Crippen molar-refractivity contribution in [1.29, 1.82) is 0 Å². The zero-order valence-corrected chi connectivity index (χ0v) is 70.0. The predicted molar refractivity (Wildman–Crippen MR) is 428 cm³/mol. The van der Waals surface area contributed by atoms with E-state index in [1.807, 2.05) is 0 Å². The standard InChI is InChI=1S/C85H166O17P2/c1-6-9-12-15-18-21-24-27-29-30-31-32-33-34-35-37-40-45-50-55-60-65-70-84(89)101-80(74-96-83(88)69-64-59-54-49-44-39-36-28-25-22-19-16-13-10-7-2)76-99-103(91,92)97-72-79(86)73-98-104(93,94)100-77-81(75-95-82(87)68-63-58-53-48-43-38-26-23-20-17-14-11-8-3)102-85(90)71-66-61-56-51-46-41-42-47-52-57-62-67-78(4)5/h78-81,86H,6-77H2,1-5H3,(H,91,92)(H,93,94)/t79-,80-,81-/m1/s1. The molecule has 17 nitrogen and oxygen atoms in total. The number of esters is 4. The molecule has 0 amide bonds. The van der Waals surface area contributed by atoms with Crippen LogP contribution in [0.2, 0.25) is 0 Å². The quantitative estimate of drug-likeness (QED) is 0.0222. The number of hydrogen-bond donors (Lipinski definition) is 3. The van der Waals surface area contributed by atoms with Gasteiger partial charge in [-0.2, -0.15) is 0 Å². The highest BCUT2D eigenvalue weighted by Gasteiger charge is 2.30. The molecule has 2 unspecified atom stereocenters. The lowest BCUT2D eigenvalue weighted by atomic mass is 10.0. The molecule has 0 aromatic carbocycles. The SMILES string of the molecule is CCCCCCCCCCCCCCCCCCCCCCCCC(=O)O[C@H](COC(=O)CCCCCCCCCCCCCCCCC)COP(=O)(O)OC[C@@H](O)COP(=O)(O)OC[C@@H](COC(=O)CCCCCCCCCCCCCCC)OC(=O)CCCCCCCCCCCCCC(C)C. The minimum absolute atomic E-state index is 0.107. The summed E-state index contributed by atoms with van der Waals surface area (Å²) in [6.45, 7) is 7.36. The third-order valence-corrected chi connectivity index (χ3v) is 21.9. The van der Waals surface area contributed by atoms with E-state index in [-0.39, 0.29) is 25.7 Å². The van der Waals surface area contributed by atoms with Gasteiger partial charge in [0.05, 0.1) is 26.4 Å². The van der Waals surface area contributed by atoms with Crippen LogP contribution in [-0.2, 0) is 65.4 Å². The first-order valence-corrected chi connectivity index (χ1v) is 47.1. The number of phosphoric acid groups is 2. The molecule has 0 saturated heterocycles. The maximum absolute atomic E-state index is 13.1. The number of unbranched alkanes of at least 4 members (excludes halogenated alkanes) is 57. The van der Waals surface area contributed by atoms with E-state index in [4.69, 9.17) is 37.0 Å². The first-order valence-electron chi connectivity index (χ1n) is 44.1. The Morgan fingerprint density at radius 2 is 0.442 bits per heavy atom. The first-order chi connectivity index (χ1) is 50.5. The lowest BCUT2D eigenvalue weighted by Crippen LogP contribution is -2.30. The van der Waals surface area contributed by atoms with Crippen molar-refractivity contribution in [3.05, 3.63) is 0 Å². The van der Waals surface area contributed by atoms with Crippen LogP contribution in [0.5, 0.6) is 0 Å². The number of carbonyl (C=O) groups is 4. The lowest BCUT2D eigenvalue weighted by molar-refractivity contribution is -0.161. The summed E-state index contributed by atoms with van der Waals surface area (Å²) in [4.78, 5) is 73.2. The molecule has 0 aliphatic heterocycles. The van der Waals surface area contributed by atoms with Crippen LogP contribution >= 0.6 is 15.6 Å². The molecule has 3 N–H and O–H groups in total. The Morgan fingerprint density at radius 1 is 0.260 bits per heavy atom. The Hall–Kier alpha value is -1.94. The maximum Gasteiger partial charge on any atom is 0.472 e. The van der Waals surface area contributed by atoms with Crippen LogP contribution < -0.4 is 0 Å². The minimum Gasteiger partial charge on any atom is -0.462 e. The molecule has 0 aromatic rings. The zero-order chi connectivity index (χ0) is 76.2. The Kier molecular flexibility index (Phi) is 76.3. The largest absolute Gasteiger partial charge is 0.472 e. The van der Waals surface area contributed by atoms with Crippen LogP contribution in [0.25, 0.3) is 0 Å². The highest BCUT2D eigenvalue weighted by atomic mass is 31.2. The molecule has 0 radical (unpaired) electrons. The normalized spacial score (nSPS) is 13.8. The summed E-state index contributed by atoms with van der Waals surface area (Å²) in [5.41, 5.74) is 0. The second-order valence-corrected chi connectivity index (χ2v) is 34.0. The molecule has 0 aliphatic carbocycles. The molecule has 5 atom stereocenters. The molecule has 104 heavy (non-hydrogen) atoms. The van der Waals surface area contributed by atoms with Crippen molar-refractivity contribution < 1.29 is 80.2 Å². The summed E-state index contributed by atoms with van der Waals surface area (Å²) in [5, 5.41) is 10.7. The van der Waals surface area contributed by atoms with E-state index < -0.39 is 97.5 Å². The molecular weight excluding hydrogens is 1350 g/mol. The fraction of sp³-hybridized carbons (Fsp3) is 0.953. The van der Waals surface area contributed by atoms with Crippen molar-refractivity contribution >= 4 is 39.5 Å². The van der Waals surface area contributed by atoms with Crippen molar-refractivity contribution in [1.82, 2.24) is 0 Å². The van der Waals surface area contributed by atoms with Crippen molar-refractivity contribution in [2.45, 2.75) is 477 Å². The second kappa shape index (κ2) is 77.8. The monoisotopic (exact) mass is 1520 g/mol. The highest BCUT2D eigenvalue weighted by molar-refractivity contribution is 7.47. The number of carbonyl (C=O) groups excluding carboxylic acids is 4. The van der Waals surface area contributed by atoms with E-state index >= 15 is 0 Å². The van der Waals surface area contributed by atoms with E-state index in [1.165, 1.54) is 283 Å². The Labute approximate surface area is 638 Å². The van der Waals surface area contributed by atoms with Crippen LogP contribution in [0.1, 0.15) is 458 Å². The van der Waals surface area contributed by atoms with Crippen LogP contribution in [-0.4, -0.2) is 96.7 Å². The number of phosphoric ester groups is 2. The van der Waals surface area contributed by atoms with Gasteiger partial charge in [-0.3, -0.25) is 37.3 Å². The summed E-state index contributed by atoms with van der Waals surface area (Å²) in [6, 6.07) is 0. The molecule has 0 bridgehead atoms. The summed E-state index contributed by atoms with van der Waals surface area (Å²) in [6.07, 6.45) is 70.8. The van der Waals surface area contributed by atoms with E-state index in [2.05, 4.69) is 34.6 Å². The van der Waals surface area contributed by atoms with E-state index in [9.17, 15) is 43.2 Å². The van der Waals surface area contributed by atoms with Gasteiger partial charge in [-0.25, -0.2) is 9.13 Å². The molecule has 618 valence electrons. The Balaban J connectivity index is 5.23. The lowest BCUT2D eigenvalue weighted by Gasteiger charge is -2.21.